The number of carbonyl (C=O) groups is 2. The fourth-order valence-corrected chi connectivity index (χ4v) is 1.42. The van der Waals surface area contributed by atoms with Gasteiger partial charge in [0.1, 0.15) is 5.75 Å². The number of ether oxygens (including phenoxy) is 1. The van der Waals surface area contributed by atoms with Crippen molar-refractivity contribution in [3.05, 3.63) is 29.8 Å². The predicted molar refractivity (Wildman–Crippen MR) is 56.1 cm³/mol. The zero-order chi connectivity index (χ0) is 12.1. The van der Waals surface area contributed by atoms with Crippen molar-refractivity contribution in [3.63, 3.8) is 0 Å². The van der Waals surface area contributed by atoms with E-state index in [1.54, 1.807) is 31.2 Å². The minimum atomic E-state index is -1.33. The summed E-state index contributed by atoms with van der Waals surface area (Å²) in [5, 5.41) is 10.7. The summed E-state index contributed by atoms with van der Waals surface area (Å²) in [7, 11) is 1.52. The number of carboxylic acids is 1. The van der Waals surface area contributed by atoms with Gasteiger partial charge in [-0.25, -0.2) is 0 Å². The van der Waals surface area contributed by atoms with Crippen LogP contribution in [0.1, 0.15) is 23.7 Å². The van der Waals surface area contributed by atoms with Gasteiger partial charge in [-0.2, -0.15) is 0 Å². The molecule has 0 aliphatic heterocycles. The molecule has 0 fully saturated rings. The molecule has 1 rings (SSSR count). The SMILES string of the molecule is CCC(C(=O)[O-])C(=O)c1ccc(OC)cc1. The molecule has 86 valence electrons. The van der Waals surface area contributed by atoms with Gasteiger partial charge >= 0.3 is 0 Å². The Hall–Kier alpha value is -1.84. The zero-order valence-electron chi connectivity index (χ0n) is 9.23. The molecule has 1 unspecified atom stereocenters. The van der Waals surface area contributed by atoms with Crippen LogP contribution in [0.15, 0.2) is 24.3 Å². The van der Waals surface area contributed by atoms with Crippen LogP contribution in [-0.4, -0.2) is 18.9 Å². The second-order valence-corrected chi connectivity index (χ2v) is 3.37. The maximum atomic E-state index is 11.8. The Morgan fingerprint density at radius 1 is 1.31 bits per heavy atom. The summed E-state index contributed by atoms with van der Waals surface area (Å²) in [5.74, 6) is -2.21. The number of hydrogen-bond acceptors (Lipinski definition) is 4. The molecule has 0 aliphatic carbocycles. The molecule has 16 heavy (non-hydrogen) atoms. The molecule has 0 radical (unpaired) electrons. The van der Waals surface area contributed by atoms with E-state index in [0.29, 0.717) is 11.3 Å². The van der Waals surface area contributed by atoms with Crippen LogP contribution < -0.4 is 9.84 Å². The van der Waals surface area contributed by atoms with E-state index in [1.807, 2.05) is 0 Å². The quantitative estimate of drug-likeness (QED) is 0.541. The highest BCUT2D eigenvalue weighted by Gasteiger charge is 2.19. The second kappa shape index (κ2) is 5.30. The normalized spacial score (nSPS) is 11.9. The van der Waals surface area contributed by atoms with Crippen LogP contribution in [-0.2, 0) is 4.79 Å². The van der Waals surface area contributed by atoms with Crippen molar-refractivity contribution in [2.75, 3.05) is 7.11 Å². The van der Waals surface area contributed by atoms with Crippen LogP contribution in [0, 0.1) is 5.92 Å². The average molecular weight is 221 g/mol. The van der Waals surface area contributed by atoms with Crippen LogP contribution in [0.4, 0.5) is 0 Å². The first-order valence-corrected chi connectivity index (χ1v) is 4.99. The third-order valence-electron chi connectivity index (χ3n) is 2.38. The van der Waals surface area contributed by atoms with Crippen LogP contribution >= 0.6 is 0 Å². The van der Waals surface area contributed by atoms with Gasteiger partial charge in [-0.1, -0.05) is 6.92 Å². The maximum absolute atomic E-state index is 11.8. The molecule has 1 atom stereocenters. The lowest BCUT2D eigenvalue weighted by atomic mass is 9.95. The molecule has 4 nitrogen and oxygen atoms in total. The highest BCUT2D eigenvalue weighted by molar-refractivity contribution is 6.07. The van der Waals surface area contributed by atoms with E-state index < -0.39 is 17.7 Å². The monoisotopic (exact) mass is 221 g/mol. The van der Waals surface area contributed by atoms with Crippen LogP contribution in [0.5, 0.6) is 5.75 Å². The van der Waals surface area contributed by atoms with Crippen molar-refractivity contribution >= 4 is 11.8 Å². The van der Waals surface area contributed by atoms with Gasteiger partial charge in [-0.3, -0.25) is 4.79 Å². The van der Waals surface area contributed by atoms with E-state index in [2.05, 4.69) is 0 Å². The smallest absolute Gasteiger partial charge is 0.171 e. The number of aliphatic carboxylic acids is 1. The van der Waals surface area contributed by atoms with Gasteiger partial charge in [0.25, 0.3) is 0 Å². The highest BCUT2D eigenvalue weighted by atomic mass is 16.5. The number of Topliss-reactive ketones (excluding diaryl/α,β-unsaturated/α-hetero) is 1. The standard InChI is InChI=1S/C12H14O4/c1-3-10(12(14)15)11(13)8-4-6-9(16-2)7-5-8/h4-7,10H,3H2,1-2H3,(H,14,15)/p-1. The summed E-state index contributed by atoms with van der Waals surface area (Å²) in [5.41, 5.74) is 0.358. The Bertz CT molecular complexity index is 381. The van der Waals surface area contributed by atoms with Gasteiger partial charge < -0.3 is 14.6 Å². The minimum Gasteiger partial charge on any atom is -0.549 e. The second-order valence-electron chi connectivity index (χ2n) is 3.37. The molecule has 0 N–H and O–H groups in total. The van der Waals surface area contributed by atoms with Crippen molar-refractivity contribution in [3.8, 4) is 5.75 Å². The van der Waals surface area contributed by atoms with Gasteiger partial charge in [-0.15, -0.1) is 0 Å². The fourth-order valence-electron chi connectivity index (χ4n) is 1.42. The van der Waals surface area contributed by atoms with Crippen molar-refractivity contribution in [2.45, 2.75) is 13.3 Å². The number of benzene rings is 1. The molecule has 1 aromatic carbocycles. The van der Waals surface area contributed by atoms with E-state index in [9.17, 15) is 14.7 Å². The average Bonchev–Trinajstić information content (AvgIpc) is 2.29. The van der Waals surface area contributed by atoms with Gasteiger partial charge in [0.15, 0.2) is 5.78 Å². The number of ketones is 1. The molecule has 0 amide bonds. The van der Waals surface area contributed by atoms with Crippen molar-refractivity contribution in [1.29, 1.82) is 0 Å². The molecule has 0 spiro atoms. The van der Waals surface area contributed by atoms with E-state index in [4.69, 9.17) is 4.74 Å². The Labute approximate surface area is 93.9 Å². The van der Waals surface area contributed by atoms with Crippen LogP contribution in [0.2, 0.25) is 0 Å². The van der Waals surface area contributed by atoms with Gasteiger partial charge in [0, 0.05) is 5.56 Å². The molecule has 0 aliphatic rings. The van der Waals surface area contributed by atoms with E-state index >= 15 is 0 Å². The first-order valence-electron chi connectivity index (χ1n) is 4.99. The van der Waals surface area contributed by atoms with Gasteiger partial charge in [0.05, 0.1) is 19.0 Å². The minimum absolute atomic E-state index is 0.229. The fraction of sp³-hybridized carbons (Fsp3) is 0.333. The Kier molecular flexibility index (Phi) is 4.05. The number of carboxylic acid groups (broad SMARTS) is 1. The Balaban J connectivity index is 2.91. The highest BCUT2D eigenvalue weighted by Crippen LogP contribution is 2.16. The van der Waals surface area contributed by atoms with Gasteiger partial charge in [0.2, 0.25) is 0 Å². The van der Waals surface area contributed by atoms with Crippen molar-refractivity contribution in [2.24, 2.45) is 5.92 Å². The lowest BCUT2D eigenvalue weighted by Crippen LogP contribution is -2.36. The Morgan fingerprint density at radius 2 is 1.88 bits per heavy atom. The Morgan fingerprint density at radius 3 is 2.25 bits per heavy atom. The van der Waals surface area contributed by atoms with Crippen molar-refractivity contribution < 1.29 is 19.4 Å². The lowest BCUT2D eigenvalue weighted by molar-refractivity contribution is -0.309. The largest absolute Gasteiger partial charge is 0.549 e. The molecule has 0 heterocycles. The third-order valence-corrected chi connectivity index (χ3v) is 2.38. The zero-order valence-corrected chi connectivity index (χ0v) is 9.23. The molecule has 1 aromatic rings. The van der Waals surface area contributed by atoms with Crippen LogP contribution in [0.25, 0.3) is 0 Å². The first-order chi connectivity index (χ1) is 7.60. The topological polar surface area (TPSA) is 66.4 Å². The molecular formula is C12H13O4-. The van der Waals surface area contributed by atoms with Crippen LogP contribution in [0.3, 0.4) is 0 Å². The summed E-state index contributed by atoms with van der Waals surface area (Å²) >= 11 is 0. The van der Waals surface area contributed by atoms with E-state index in [-0.39, 0.29) is 6.42 Å². The summed E-state index contributed by atoms with van der Waals surface area (Å²) in [6, 6.07) is 6.34. The lowest BCUT2D eigenvalue weighted by Gasteiger charge is -2.14. The molecule has 0 bridgehead atoms. The first kappa shape index (κ1) is 12.2. The molecule has 4 heteroatoms. The number of rotatable bonds is 5. The predicted octanol–water partition coefficient (Wildman–Crippen LogP) is 0.654. The molecule has 0 aromatic heterocycles. The van der Waals surface area contributed by atoms with Gasteiger partial charge in [-0.05, 0) is 30.7 Å². The number of methoxy groups -OCH3 is 1. The summed E-state index contributed by atoms with van der Waals surface area (Å²) < 4.78 is 4.94. The number of carbonyl (C=O) groups excluding carboxylic acids is 2. The molecule has 0 saturated carbocycles. The summed E-state index contributed by atoms with van der Waals surface area (Å²) in [6.45, 7) is 1.64. The maximum Gasteiger partial charge on any atom is 0.171 e. The van der Waals surface area contributed by atoms with E-state index in [1.165, 1.54) is 7.11 Å². The summed E-state index contributed by atoms with van der Waals surface area (Å²) in [4.78, 5) is 22.5. The molecule has 0 saturated heterocycles. The third kappa shape index (κ3) is 2.59. The van der Waals surface area contributed by atoms with E-state index in [0.717, 1.165) is 0 Å². The van der Waals surface area contributed by atoms with Crippen molar-refractivity contribution in [1.82, 2.24) is 0 Å². The number of hydrogen-bond donors (Lipinski definition) is 0. The summed E-state index contributed by atoms with van der Waals surface area (Å²) in [6.07, 6.45) is 0.229. The molecular weight excluding hydrogens is 208 g/mol.